The first-order chi connectivity index (χ1) is 11.6. The molecule has 1 aliphatic heterocycles. The molecule has 3 rings (SSSR count). The molecule has 0 aromatic heterocycles. The molecule has 0 saturated carbocycles. The molecule has 1 unspecified atom stereocenters. The van der Waals surface area contributed by atoms with Crippen molar-refractivity contribution in [1.29, 1.82) is 0 Å². The predicted molar refractivity (Wildman–Crippen MR) is 93.0 cm³/mol. The Bertz CT molecular complexity index is 591. The van der Waals surface area contributed by atoms with E-state index in [0.29, 0.717) is 0 Å². The summed E-state index contributed by atoms with van der Waals surface area (Å²) in [5, 5.41) is 22.4. The average Bonchev–Trinajstić information content (AvgIpc) is 2.62. The van der Waals surface area contributed by atoms with E-state index in [1.54, 1.807) is 24.3 Å². The van der Waals surface area contributed by atoms with E-state index < -0.39 is 0 Å². The van der Waals surface area contributed by atoms with Gasteiger partial charge in [-0.15, -0.1) is 0 Å². The maximum absolute atomic E-state index is 9.54. The van der Waals surface area contributed by atoms with E-state index in [2.05, 4.69) is 17.1 Å². The number of phenolic OH excluding ortho intramolecular Hbond substituents is 2. The third-order valence-corrected chi connectivity index (χ3v) is 4.39. The minimum absolute atomic E-state index is 0.0280. The standard InChI is InChI=1S/C19H24N2O3/c1-14(21-12-10-20-11-13-21)24-19(15-2-6-17(22)7-3-15)16-4-8-18(23)9-5-16/h2-9,14,19-20,22-23H,10-13H2,1H3. The highest BCUT2D eigenvalue weighted by Gasteiger charge is 2.23. The van der Waals surface area contributed by atoms with Gasteiger partial charge in [0.1, 0.15) is 23.8 Å². The van der Waals surface area contributed by atoms with Crippen molar-refractivity contribution in [3.8, 4) is 11.5 Å². The van der Waals surface area contributed by atoms with Crippen molar-refractivity contribution in [2.45, 2.75) is 19.3 Å². The molecular formula is C19H24N2O3. The van der Waals surface area contributed by atoms with E-state index in [1.807, 2.05) is 24.3 Å². The molecule has 1 fully saturated rings. The molecule has 0 bridgehead atoms. The molecule has 1 atom stereocenters. The summed E-state index contributed by atoms with van der Waals surface area (Å²) in [6.07, 6.45) is -0.282. The van der Waals surface area contributed by atoms with Crippen LogP contribution in [0.4, 0.5) is 0 Å². The van der Waals surface area contributed by atoms with Crippen LogP contribution in [0, 0.1) is 0 Å². The van der Waals surface area contributed by atoms with Crippen LogP contribution in [-0.2, 0) is 4.74 Å². The molecule has 128 valence electrons. The lowest BCUT2D eigenvalue weighted by Gasteiger charge is -2.35. The zero-order chi connectivity index (χ0) is 16.9. The number of hydrogen-bond donors (Lipinski definition) is 3. The molecule has 1 saturated heterocycles. The van der Waals surface area contributed by atoms with Gasteiger partial charge in [0.15, 0.2) is 0 Å². The summed E-state index contributed by atoms with van der Waals surface area (Å²) >= 11 is 0. The van der Waals surface area contributed by atoms with E-state index >= 15 is 0 Å². The first-order valence-electron chi connectivity index (χ1n) is 8.31. The molecule has 2 aromatic rings. The van der Waals surface area contributed by atoms with Gasteiger partial charge in [0.25, 0.3) is 0 Å². The molecule has 0 aliphatic carbocycles. The summed E-state index contributed by atoms with van der Waals surface area (Å²) in [6.45, 7) is 5.92. The van der Waals surface area contributed by atoms with E-state index in [1.165, 1.54) is 0 Å². The van der Waals surface area contributed by atoms with Crippen molar-refractivity contribution in [1.82, 2.24) is 10.2 Å². The minimum Gasteiger partial charge on any atom is -0.508 e. The Labute approximate surface area is 142 Å². The lowest BCUT2D eigenvalue weighted by atomic mass is 10.0. The maximum Gasteiger partial charge on any atom is 0.115 e. The molecule has 0 spiro atoms. The van der Waals surface area contributed by atoms with Crippen molar-refractivity contribution in [3.05, 3.63) is 59.7 Å². The van der Waals surface area contributed by atoms with Gasteiger partial charge < -0.3 is 20.3 Å². The summed E-state index contributed by atoms with van der Waals surface area (Å²) in [7, 11) is 0. The number of piperazine rings is 1. The monoisotopic (exact) mass is 328 g/mol. The Hall–Kier alpha value is -2.08. The fraction of sp³-hybridized carbons (Fsp3) is 0.368. The summed E-state index contributed by atoms with van der Waals surface area (Å²) in [6, 6.07) is 14.2. The quantitative estimate of drug-likeness (QED) is 0.787. The number of rotatable bonds is 5. The van der Waals surface area contributed by atoms with Crippen LogP contribution >= 0.6 is 0 Å². The van der Waals surface area contributed by atoms with Crippen LogP contribution < -0.4 is 5.32 Å². The lowest BCUT2D eigenvalue weighted by molar-refractivity contribution is -0.0806. The summed E-state index contributed by atoms with van der Waals surface area (Å²) < 4.78 is 6.38. The Kier molecular flexibility index (Phi) is 5.35. The van der Waals surface area contributed by atoms with Crippen molar-refractivity contribution in [2.24, 2.45) is 0 Å². The first-order valence-corrected chi connectivity index (χ1v) is 8.31. The maximum atomic E-state index is 9.54. The van der Waals surface area contributed by atoms with Gasteiger partial charge in [0.2, 0.25) is 0 Å². The number of benzene rings is 2. The van der Waals surface area contributed by atoms with Crippen molar-refractivity contribution in [3.63, 3.8) is 0 Å². The second-order valence-electron chi connectivity index (χ2n) is 6.08. The number of aromatic hydroxyl groups is 2. The summed E-state index contributed by atoms with van der Waals surface area (Å²) in [5.74, 6) is 0.469. The zero-order valence-electron chi connectivity index (χ0n) is 13.9. The number of ether oxygens (including phenoxy) is 1. The molecule has 5 heteroatoms. The third-order valence-electron chi connectivity index (χ3n) is 4.39. The van der Waals surface area contributed by atoms with E-state index in [-0.39, 0.29) is 23.8 Å². The Morgan fingerprint density at radius 2 is 1.33 bits per heavy atom. The highest BCUT2D eigenvalue weighted by Crippen LogP contribution is 2.30. The topological polar surface area (TPSA) is 65.0 Å². The van der Waals surface area contributed by atoms with Crippen molar-refractivity contribution >= 4 is 0 Å². The van der Waals surface area contributed by atoms with Gasteiger partial charge in [-0.25, -0.2) is 0 Å². The van der Waals surface area contributed by atoms with E-state index in [9.17, 15) is 10.2 Å². The molecule has 3 N–H and O–H groups in total. The van der Waals surface area contributed by atoms with Crippen molar-refractivity contribution in [2.75, 3.05) is 26.2 Å². The largest absolute Gasteiger partial charge is 0.508 e. The zero-order valence-corrected chi connectivity index (χ0v) is 13.9. The smallest absolute Gasteiger partial charge is 0.115 e. The number of nitrogens with one attached hydrogen (secondary N) is 1. The van der Waals surface area contributed by atoms with Gasteiger partial charge in [-0.1, -0.05) is 24.3 Å². The Morgan fingerprint density at radius 3 is 1.79 bits per heavy atom. The highest BCUT2D eigenvalue weighted by atomic mass is 16.5. The second-order valence-corrected chi connectivity index (χ2v) is 6.08. The SMILES string of the molecule is CC(OC(c1ccc(O)cc1)c1ccc(O)cc1)N1CCNCC1. The van der Waals surface area contributed by atoms with Gasteiger partial charge >= 0.3 is 0 Å². The summed E-state index contributed by atoms with van der Waals surface area (Å²) in [4.78, 5) is 2.31. The van der Waals surface area contributed by atoms with Crippen LogP contribution in [0.15, 0.2) is 48.5 Å². The molecule has 1 heterocycles. The molecule has 24 heavy (non-hydrogen) atoms. The summed E-state index contributed by atoms with van der Waals surface area (Å²) in [5.41, 5.74) is 1.95. The number of nitrogens with zero attached hydrogens (tertiary/aromatic N) is 1. The molecule has 2 aromatic carbocycles. The van der Waals surface area contributed by atoms with Gasteiger partial charge in [0, 0.05) is 26.2 Å². The minimum atomic E-state index is -0.254. The molecule has 0 amide bonds. The Morgan fingerprint density at radius 1 is 0.875 bits per heavy atom. The fourth-order valence-electron chi connectivity index (χ4n) is 2.98. The van der Waals surface area contributed by atoms with Crippen LogP contribution in [0.25, 0.3) is 0 Å². The molecular weight excluding hydrogens is 304 g/mol. The van der Waals surface area contributed by atoms with E-state index in [4.69, 9.17) is 4.74 Å². The van der Waals surface area contributed by atoms with Crippen LogP contribution in [0.1, 0.15) is 24.2 Å². The van der Waals surface area contributed by atoms with Crippen LogP contribution in [0.5, 0.6) is 11.5 Å². The fourth-order valence-corrected chi connectivity index (χ4v) is 2.98. The lowest BCUT2D eigenvalue weighted by Crippen LogP contribution is -2.48. The van der Waals surface area contributed by atoms with Crippen LogP contribution in [0.2, 0.25) is 0 Å². The first kappa shape index (κ1) is 16.8. The normalized spacial score (nSPS) is 17.1. The highest BCUT2D eigenvalue weighted by molar-refractivity contribution is 5.36. The number of hydrogen-bond acceptors (Lipinski definition) is 5. The second kappa shape index (κ2) is 7.66. The van der Waals surface area contributed by atoms with E-state index in [0.717, 1.165) is 37.3 Å². The average molecular weight is 328 g/mol. The van der Waals surface area contributed by atoms with Gasteiger partial charge in [-0.3, -0.25) is 4.90 Å². The Balaban J connectivity index is 1.83. The van der Waals surface area contributed by atoms with Crippen molar-refractivity contribution < 1.29 is 14.9 Å². The van der Waals surface area contributed by atoms with Gasteiger partial charge in [-0.05, 0) is 42.3 Å². The third kappa shape index (κ3) is 4.06. The van der Waals surface area contributed by atoms with Crippen LogP contribution in [-0.4, -0.2) is 47.5 Å². The predicted octanol–water partition coefficient (Wildman–Crippen LogP) is 2.46. The molecule has 0 radical (unpaired) electrons. The van der Waals surface area contributed by atoms with Crippen LogP contribution in [0.3, 0.4) is 0 Å². The molecule has 5 nitrogen and oxygen atoms in total. The van der Waals surface area contributed by atoms with Gasteiger partial charge in [-0.2, -0.15) is 0 Å². The molecule has 1 aliphatic rings. The number of phenols is 2. The van der Waals surface area contributed by atoms with Gasteiger partial charge in [0.05, 0.1) is 0 Å².